The van der Waals surface area contributed by atoms with E-state index in [4.69, 9.17) is 0 Å². The van der Waals surface area contributed by atoms with E-state index in [1.807, 2.05) is 0 Å². The van der Waals surface area contributed by atoms with Gasteiger partial charge in [0.25, 0.3) is 5.69 Å². The van der Waals surface area contributed by atoms with Crippen LogP contribution in [-0.2, 0) is 18.9 Å². The van der Waals surface area contributed by atoms with Crippen molar-refractivity contribution in [2.45, 2.75) is 32.7 Å². The molecule has 8 nitrogen and oxygen atoms in total. The minimum atomic E-state index is -5.09. The molecule has 32 heavy (non-hydrogen) atoms. The summed E-state index contributed by atoms with van der Waals surface area (Å²) in [5.41, 5.74) is -4.18. The summed E-state index contributed by atoms with van der Waals surface area (Å²) in [6.45, 7) is 2.70. The standard InChI is InChI=1S/C18H13F6N5O3/c1-9-3-11(4-10(2)15(9)29(31)32)8-27-16(30)28(26-25-27)14-6-12(17(19,20)21)5-13(7-14)18(22,23)24/h3-7H,8H2,1-2H3. The maximum atomic E-state index is 13.1. The van der Waals surface area contributed by atoms with E-state index >= 15 is 0 Å². The topological polar surface area (TPSA) is 95.8 Å². The fourth-order valence-corrected chi connectivity index (χ4v) is 3.19. The molecule has 0 aliphatic heterocycles. The molecule has 2 aromatic carbocycles. The first-order valence-corrected chi connectivity index (χ1v) is 8.75. The summed E-state index contributed by atoms with van der Waals surface area (Å²) in [7, 11) is 0. The van der Waals surface area contributed by atoms with Crippen molar-refractivity contribution < 1.29 is 31.3 Å². The van der Waals surface area contributed by atoms with Gasteiger partial charge in [0.2, 0.25) is 0 Å². The number of nitro groups is 1. The molecule has 0 saturated carbocycles. The van der Waals surface area contributed by atoms with Crippen LogP contribution in [0.25, 0.3) is 5.69 Å². The predicted octanol–water partition coefficient (Wildman–Crippen LogP) is 4.04. The van der Waals surface area contributed by atoms with Crippen molar-refractivity contribution in [3.63, 3.8) is 0 Å². The Balaban J connectivity index is 2.05. The Morgan fingerprint density at radius 1 is 0.906 bits per heavy atom. The van der Waals surface area contributed by atoms with E-state index in [1.165, 1.54) is 26.0 Å². The molecule has 0 fully saturated rings. The van der Waals surface area contributed by atoms with E-state index in [-0.39, 0.29) is 18.3 Å². The minimum absolute atomic E-state index is 0.0681. The second kappa shape index (κ2) is 7.76. The molecule has 0 saturated heterocycles. The Bertz CT molecular complexity index is 1200. The molecule has 0 spiro atoms. The van der Waals surface area contributed by atoms with E-state index < -0.39 is 39.8 Å². The van der Waals surface area contributed by atoms with E-state index in [9.17, 15) is 41.3 Å². The van der Waals surface area contributed by atoms with Gasteiger partial charge in [0.15, 0.2) is 0 Å². The second-order valence-electron chi connectivity index (χ2n) is 6.93. The van der Waals surface area contributed by atoms with Gasteiger partial charge in [0.1, 0.15) is 0 Å². The van der Waals surface area contributed by atoms with Gasteiger partial charge in [0, 0.05) is 11.1 Å². The largest absolute Gasteiger partial charge is 0.416 e. The lowest BCUT2D eigenvalue weighted by Gasteiger charge is -2.13. The normalized spacial score (nSPS) is 12.2. The lowest BCUT2D eigenvalue weighted by Crippen LogP contribution is -2.25. The molecule has 14 heteroatoms. The van der Waals surface area contributed by atoms with Gasteiger partial charge in [0.05, 0.1) is 28.3 Å². The van der Waals surface area contributed by atoms with Crippen molar-refractivity contribution in [3.8, 4) is 5.69 Å². The quantitative estimate of drug-likeness (QED) is 0.332. The highest BCUT2D eigenvalue weighted by atomic mass is 19.4. The molecule has 0 atom stereocenters. The van der Waals surface area contributed by atoms with Gasteiger partial charge in [-0.05, 0) is 60.2 Å². The van der Waals surface area contributed by atoms with Crippen LogP contribution in [0.2, 0.25) is 0 Å². The van der Waals surface area contributed by atoms with E-state index in [2.05, 4.69) is 10.4 Å². The van der Waals surface area contributed by atoms with Crippen molar-refractivity contribution >= 4 is 5.69 Å². The summed E-state index contributed by atoms with van der Waals surface area (Å²) in [5.74, 6) is 0. The summed E-state index contributed by atoms with van der Waals surface area (Å²) < 4.78 is 79.4. The summed E-state index contributed by atoms with van der Waals surface area (Å²) >= 11 is 0. The highest BCUT2D eigenvalue weighted by molar-refractivity contribution is 5.49. The predicted molar refractivity (Wildman–Crippen MR) is 97.3 cm³/mol. The van der Waals surface area contributed by atoms with Gasteiger partial charge in [-0.1, -0.05) is 0 Å². The zero-order valence-corrected chi connectivity index (χ0v) is 16.3. The third kappa shape index (κ3) is 4.48. The third-order valence-corrected chi connectivity index (χ3v) is 4.52. The SMILES string of the molecule is Cc1cc(Cn2nnn(-c3cc(C(F)(F)F)cc(C(F)(F)F)c3)c2=O)cc(C)c1[N+](=O)[O-]. The molecule has 0 amide bonds. The molecule has 3 aromatic rings. The number of hydrogen-bond donors (Lipinski definition) is 0. The molecule has 0 radical (unpaired) electrons. The summed E-state index contributed by atoms with van der Waals surface area (Å²) in [6.07, 6.45) is -10.2. The molecule has 1 aromatic heterocycles. The average Bonchev–Trinajstić information content (AvgIpc) is 2.99. The molecule has 170 valence electrons. The van der Waals surface area contributed by atoms with Crippen LogP contribution in [0.4, 0.5) is 32.0 Å². The third-order valence-electron chi connectivity index (χ3n) is 4.52. The summed E-state index contributed by atoms with van der Waals surface area (Å²) in [4.78, 5) is 23.1. The van der Waals surface area contributed by atoms with Gasteiger partial charge in [-0.3, -0.25) is 10.1 Å². The number of hydrogen-bond acceptors (Lipinski definition) is 5. The molecule has 0 unspecified atom stereocenters. The molecule has 1 heterocycles. The van der Waals surface area contributed by atoms with Crippen molar-refractivity contribution in [2.24, 2.45) is 0 Å². The summed E-state index contributed by atoms with van der Waals surface area (Å²) in [5, 5.41) is 18.0. The Kier molecular flexibility index (Phi) is 5.57. The van der Waals surface area contributed by atoms with E-state index in [0.717, 1.165) is 0 Å². The molecular formula is C18H13F6N5O3. The van der Waals surface area contributed by atoms with E-state index in [1.54, 1.807) is 0 Å². The van der Waals surface area contributed by atoms with Gasteiger partial charge < -0.3 is 0 Å². The van der Waals surface area contributed by atoms with Crippen LogP contribution in [0.1, 0.15) is 27.8 Å². The lowest BCUT2D eigenvalue weighted by molar-refractivity contribution is -0.386. The Hall–Kier alpha value is -3.71. The van der Waals surface area contributed by atoms with Crippen LogP contribution >= 0.6 is 0 Å². The van der Waals surface area contributed by atoms with Crippen molar-refractivity contribution in [1.29, 1.82) is 0 Å². The van der Waals surface area contributed by atoms with E-state index in [0.29, 0.717) is 38.2 Å². The van der Waals surface area contributed by atoms with Crippen molar-refractivity contribution in [2.75, 3.05) is 0 Å². The van der Waals surface area contributed by atoms with Crippen LogP contribution in [0.5, 0.6) is 0 Å². The first-order chi connectivity index (χ1) is 14.7. The molecule has 0 N–H and O–H groups in total. The number of rotatable bonds is 4. The number of nitro benzene ring substituents is 1. The Labute approximate surface area is 174 Å². The van der Waals surface area contributed by atoms with Crippen LogP contribution in [0, 0.1) is 24.0 Å². The Morgan fingerprint density at radius 3 is 1.84 bits per heavy atom. The second-order valence-corrected chi connectivity index (χ2v) is 6.93. The maximum Gasteiger partial charge on any atom is 0.416 e. The number of alkyl halides is 6. The molecule has 0 aliphatic carbocycles. The smallest absolute Gasteiger partial charge is 0.258 e. The average molecular weight is 461 g/mol. The fourth-order valence-electron chi connectivity index (χ4n) is 3.19. The van der Waals surface area contributed by atoms with Crippen LogP contribution < -0.4 is 5.69 Å². The summed E-state index contributed by atoms with van der Waals surface area (Å²) in [6, 6.07) is 3.48. The number of benzene rings is 2. The first-order valence-electron chi connectivity index (χ1n) is 8.75. The molecule has 0 bridgehead atoms. The van der Waals surface area contributed by atoms with Crippen molar-refractivity contribution in [1.82, 2.24) is 19.8 Å². The van der Waals surface area contributed by atoms with Crippen molar-refractivity contribution in [3.05, 3.63) is 78.7 Å². The maximum absolute atomic E-state index is 13.1. The molecule has 0 aliphatic rings. The van der Waals surface area contributed by atoms with Crippen LogP contribution in [-0.4, -0.2) is 24.7 Å². The first kappa shape index (κ1) is 23.0. The van der Waals surface area contributed by atoms with Gasteiger partial charge in [-0.15, -0.1) is 0 Å². The Morgan fingerprint density at radius 2 is 1.41 bits per heavy atom. The number of nitrogens with zero attached hydrogens (tertiary/aromatic N) is 5. The number of tetrazole rings is 1. The monoisotopic (exact) mass is 461 g/mol. The highest BCUT2D eigenvalue weighted by Gasteiger charge is 2.37. The van der Waals surface area contributed by atoms with Crippen LogP contribution in [0.3, 0.4) is 0 Å². The zero-order valence-electron chi connectivity index (χ0n) is 16.3. The lowest BCUT2D eigenvalue weighted by atomic mass is 10.0. The van der Waals surface area contributed by atoms with Gasteiger partial charge >= 0.3 is 18.0 Å². The zero-order chi connectivity index (χ0) is 24.0. The van der Waals surface area contributed by atoms with Gasteiger partial charge in [-0.25, -0.2) is 4.79 Å². The van der Waals surface area contributed by atoms with Crippen LogP contribution in [0.15, 0.2) is 35.1 Å². The number of aryl methyl sites for hydroxylation is 2. The minimum Gasteiger partial charge on any atom is -0.258 e. The number of halogens is 6. The highest BCUT2D eigenvalue weighted by Crippen LogP contribution is 2.36. The molecular weight excluding hydrogens is 448 g/mol. The van der Waals surface area contributed by atoms with Gasteiger partial charge in [-0.2, -0.15) is 35.7 Å². The number of aromatic nitrogens is 4. The molecule has 3 rings (SSSR count). The fraction of sp³-hybridized carbons (Fsp3) is 0.278.